The fourth-order valence-corrected chi connectivity index (χ4v) is 3.42. The van der Waals surface area contributed by atoms with Gasteiger partial charge in [-0.25, -0.2) is 4.98 Å². The number of aromatic nitrogens is 1. The van der Waals surface area contributed by atoms with Crippen LogP contribution in [0.15, 0.2) is 12.1 Å². The molecule has 2 aliphatic heterocycles. The van der Waals surface area contributed by atoms with Crippen LogP contribution in [0.2, 0.25) is 0 Å². The van der Waals surface area contributed by atoms with Gasteiger partial charge in [-0.3, -0.25) is 9.59 Å². The minimum atomic E-state index is -0.292. The third-order valence-corrected chi connectivity index (χ3v) is 4.92. The van der Waals surface area contributed by atoms with Crippen LogP contribution in [0.25, 0.3) is 0 Å². The molecule has 0 unspecified atom stereocenters. The van der Waals surface area contributed by atoms with Gasteiger partial charge in [0.15, 0.2) is 0 Å². The van der Waals surface area contributed by atoms with Gasteiger partial charge in [0.05, 0.1) is 13.0 Å². The third kappa shape index (κ3) is 4.71. The summed E-state index contributed by atoms with van der Waals surface area (Å²) in [7, 11) is 0. The fraction of sp³-hybridized carbons (Fsp3) is 0.632. The van der Waals surface area contributed by atoms with Crippen molar-refractivity contribution in [1.29, 1.82) is 0 Å². The molecule has 1 N–H and O–H groups in total. The summed E-state index contributed by atoms with van der Waals surface area (Å²) >= 11 is 0. The van der Waals surface area contributed by atoms with E-state index in [1.54, 1.807) is 6.92 Å². The van der Waals surface area contributed by atoms with Crippen LogP contribution in [0.4, 0.5) is 5.82 Å². The van der Waals surface area contributed by atoms with Gasteiger partial charge in [0, 0.05) is 31.7 Å². The summed E-state index contributed by atoms with van der Waals surface area (Å²) in [5.41, 5.74) is 2.44. The predicted octanol–water partition coefficient (Wildman–Crippen LogP) is 2.17. The van der Waals surface area contributed by atoms with Crippen molar-refractivity contribution in [3.63, 3.8) is 0 Å². The molecule has 1 aromatic heterocycles. The number of hydrogen-bond acceptors (Lipinski definition) is 5. The fourth-order valence-electron chi connectivity index (χ4n) is 3.42. The molecular formula is C19H27N3O3. The number of fused-ring (bicyclic) bond motifs is 1. The van der Waals surface area contributed by atoms with E-state index in [-0.39, 0.29) is 24.7 Å². The largest absolute Gasteiger partial charge is 0.466 e. The number of nitrogens with zero attached hydrogens (tertiary/aromatic N) is 2. The Morgan fingerprint density at radius 1 is 1.32 bits per heavy atom. The van der Waals surface area contributed by atoms with Crippen molar-refractivity contribution >= 4 is 17.7 Å². The van der Waals surface area contributed by atoms with Crippen molar-refractivity contribution < 1.29 is 14.3 Å². The molecular weight excluding hydrogens is 318 g/mol. The molecule has 25 heavy (non-hydrogen) atoms. The molecule has 0 aliphatic carbocycles. The van der Waals surface area contributed by atoms with Crippen LogP contribution < -0.4 is 5.32 Å². The number of ether oxygens (including phenoxy) is 1. The summed E-state index contributed by atoms with van der Waals surface area (Å²) in [6.07, 6.45) is 4.72. The average molecular weight is 345 g/mol. The predicted molar refractivity (Wildman–Crippen MR) is 95.3 cm³/mol. The number of carbonyl (C=O) groups excluding carboxylic acids is 2. The molecule has 1 fully saturated rings. The van der Waals surface area contributed by atoms with Crippen molar-refractivity contribution in [3.05, 3.63) is 23.4 Å². The second-order valence-corrected chi connectivity index (χ2v) is 6.85. The highest BCUT2D eigenvalue weighted by Crippen LogP contribution is 2.24. The number of nitrogens with one attached hydrogen (secondary N) is 1. The maximum atomic E-state index is 12.0. The topological polar surface area (TPSA) is 71.5 Å². The Kier molecular flexibility index (Phi) is 5.89. The Hall–Kier alpha value is -2.11. The zero-order valence-electron chi connectivity index (χ0n) is 14.9. The van der Waals surface area contributed by atoms with Crippen LogP contribution in [0.5, 0.6) is 0 Å². The molecule has 0 bridgehead atoms. The van der Waals surface area contributed by atoms with Crippen LogP contribution in [-0.2, 0) is 27.2 Å². The summed E-state index contributed by atoms with van der Waals surface area (Å²) in [5, 5.41) is 3.37. The number of anilines is 1. The van der Waals surface area contributed by atoms with Gasteiger partial charge in [-0.2, -0.15) is 0 Å². The van der Waals surface area contributed by atoms with E-state index in [1.165, 1.54) is 12.0 Å². The van der Waals surface area contributed by atoms with E-state index in [4.69, 9.17) is 9.72 Å². The van der Waals surface area contributed by atoms with Crippen LogP contribution >= 0.6 is 0 Å². The van der Waals surface area contributed by atoms with Gasteiger partial charge in [-0.1, -0.05) is 6.07 Å². The first-order valence-electron chi connectivity index (χ1n) is 9.31. The van der Waals surface area contributed by atoms with E-state index in [9.17, 15) is 9.59 Å². The summed E-state index contributed by atoms with van der Waals surface area (Å²) in [6, 6.07) is 4.32. The van der Waals surface area contributed by atoms with E-state index in [2.05, 4.69) is 17.4 Å². The van der Waals surface area contributed by atoms with E-state index in [0.29, 0.717) is 12.5 Å². The zero-order valence-corrected chi connectivity index (χ0v) is 14.9. The maximum absolute atomic E-state index is 12.0. The normalized spacial score (nSPS) is 16.6. The highest BCUT2D eigenvalue weighted by molar-refractivity contribution is 5.81. The molecule has 136 valence electrons. The molecule has 0 atom stereocenters. The quantitative estimate of drug-likeness (QED) is 0.767. The van der Waals surface area contributed by atoms with Gasteiger partial charge in [0.25, 0.3) is 0 Å². The molecule has 1 aromatic rings. The second kappa shape index (κ2) is 8.32. The third-order valence-electron chi connectivity index (χ3n) is 4.92. The first-order chi connectivity index (χ1) is 12.2. The average Bonchev–Trinajstić information content (AvgIpc) is 2.58. The molecule has 0 saturated carbocycles. The minimum absolute atomic E-state index is 0.0559. The van der Waals surface area contributed by atoms with E-state index in [0.717, 1.165) is 50.4 Å². The lowest BCUT2D eigenvalue weighted by Gasteiger charge is -2.39. The molecule has 3 rings (SSSR count). The number of esters is 1. The maximum Gasteiger partial charge on any atom is 0.306 e. The smallest absolute Gasteiger partial charge is 0.306 e. The Morgan fingerprint density at radius 3 is 2.96 bits per heavy atom. The number of pyridine rings is 1. The van der Waals surface area contributed by atoms with Crippen molar-refractivity contribution in [1.82, 2.24) is 9.88 Å². The van der Waals surface area contributed by atoms with Crippen LogP contribution in [0.1, 0.15) is 43.9 Å². The Morgan fingerprint density at radius 2 is 2.16 bits per heavy atom. The zero-order chi connectivity index (χ0) is 17.6. The van der Waals surface area contributed by atoms with E-state index >= 15 is 0 Å². The Bertz CT molecular complexity index is 626. The van der Waals surface area contributed by atoms with Gasteiger partial charge < -0.3 is 15.0 Å². The monoisotopic (exact) mass is 345 g/mol. The summed E-state index contributed by atoms with van der Waals surface area (Å²) < 4.78 is 4.85. The molecule has 2 aliphatic rings. The molecule has 0 aromatic carbocycles. The van der Waals surface area contributed by atoms with Crippen LogP contribution in [0, 0.1) is 5.92 Å². The number of hydrogen-bond donors (Lipinski definition) is 1. The van der Waals surface area contributed by atoms with Crippen molar-refractivity contribution in [2.75, 3.05) is 31.6 Å². The first-order valence-corrected chi connectivity index (χ1v) is 9.31. The molecule has 0 spiro atoms. The van der Waals surface area contributed by atoms with Crippen LogP contribution in [-0.4, -0.2) is 48.0 Å². The second-order valence-electron chi connectivity index (χ2n) is 6.85. The number of amides is 1. The number of aryl methyl sites for hydroxylation is 2. The molecule has 1 amide bonds. The molecule has 6 heteroatoms. The lowest BCUT2D eigenvalue weighted by molar-refractivity contribution is -0.147. The molecule has 6 nitrogen and oxygen atoms in total. The van der Waals surface area contributed by atoms with Crippen molar-refractivity contribution in [2.45, 2.75) is 45.4 Å². The van der Waals surface area contributed by atoms with Gasteiger partial charge in [0.2, 0.25) is 5.91 Å². The van der Waals surface area contributed by atoms with Gasteiger partial charge >= 0.3 is 5.97 Å². The van der Waals surface area contributed by atoms with E-state index < -0.39 is 0 Å². The lowest BCUT2D eigenvalue weighted by Crippen LogP contribution is -2.50. The van der Waals surface area contributed by atoms with Crippen molar-refractivity contribution in [3.8, 4) is 0 Å². The van der Waals surface area contributed by atoms with Crippen molar-refractivity contribution in [2.24, 2.45) is 5.92 Å². The minimum Gasteiger partial charge on any atom is -0.466 e. The highest BCUT2D eigenvalue weighted by atomic mass is 16.5. The van der Waals surface area contributed by atoms with Gasteiger partial charge in [0.1, 0.15) is 5.82 Å². The number of rotatable bonds is 7. The SMILES string of the molecule is CCOC(=O)CCC(=O)N1CC(CCc2ccc3c(n2)NCCC3)C1. The summed E-state index contributed by atoms with van der Waals surface area (Å²) in [4.78, 5) is 29.9. The molecule has 3 heterocycles. The van der Waals surface area contributed by atoms with Crippen LogP contribution in [0.3, 0.4) is 0 Å². The molecule has 0 radical (unpaired) electrons. The van der Waals surface area contributed by atoms with Gasteiger partial charge in [-0.05, 0) is 50.2 Å². The standard InChI is InChI=1S/C19H27N3O3/c1-2-25-18(24)10-9-17(23)22-12-14(13-22)5-7-16-8-6-15-4-3-11-20-19(15)21-16/h6,8,14H,2-5,7,9-13H2,1H3,(H,20,21). The number of likely N-dealkylation sites (tertiary alicyclic amines) is 1. The number of carbonyl (C=O) groups is 2. The van der Waals surface area contributed by atoms with Gasteiger partial charge in [-0.15, -0.1) is 0 Å². The Balaban J connectivity index is 1.36. The van der Waals surface area contributed by atoms with E-state index in [1.807, 2.05) is 4.90 Å². The lowest BCUT2D eigenvalue weighted by atomic mass is 9.93. The summed E-state index contributed by atoms with van der Waals surface area (Å²) in [6.45, 7) is 4.74. The summed E-state index contributed by atoms with van der Waals surface area (Å²) in [5.74, 6) is 1.35. The molecule has 1 saturated heterocycles. The highest BCUT2D eigenvalue weighted by Gasteiger charge is 2.30. The Labute approximate surface area is 148 Å². The first kappa shape index (κ1) is 17.7.